The van der Waals surface area contributed by atoms with Gasteiger partial charge >= 0.3 is 0 Å². The molecule has 2 aromatic rings. The van der Waals surface area contributed by atoms with Crippen LogP contribution in [-0.4, -0.2) is 23.6 Å². The topological polar surface area (TPSA) is 55.0 Å². The highest BCUT2D eigenvalue weighted by Crippen LogP contribution is 2.29. The van der Waals surface area contributed by atoms with Crippen molar-refractivity contribution in [2.75, 3.05) is 24.2 Å². The fourth-order valence-electron chi connectivity index (χ4n) is 1.93. The van der Waals surface area contributed by atoms with E-state index in [1.807, 2.05) is 18.5 Å². The lowest BCUT2D eigenvalue weighted by Crippen LogP contribution is -2.30. The van der Waals surface area contributed by atoms with Crippen LogP contribution in [0.25, 0.3) is 10.2 Å². The zero-order chi connectivity index (χ0) is 12.6. The van der Waals surface area contributed by atoms with E-state index in [-0.39, 0.29) is 5.41 Å². The molecule has 0 unspecified atom stereocenters. The first kappa shape index (κ1) is 12.1. The summed E-state index contributed by atoms with van der Waals surface area (Å²) in [6, 6.07) is 2.05. The van der Waals surface area contributed by atoms with E-state index in [4.69, 9.17) is 5.73 Å². The van der Waals surface area contributed by atoms with Crippen LogP contribution < -0.4 is 10.6 Å². The Kier molecular flexibility index (Phi) is 2.95. The molecule has 2 aromatic heterocycles. The van der Waals surface area contributed by atoms with E-state index in [2.05, 4.69) is 35.6 Å². The minimum Gasteiger partial charge on any atom is -0.368 e. The van der Waals surface area contributed by atoms with Crippen LogP contribution in [0.15, 0.2) is 11.4 Å². The van der Waals surface area contributed by atoms with Crippen molar-refractivity contribution in [3.05, 3.63) is 11.4 Å². The molecule has 2 rings (SSSR count). The molecule has 0 aliphatic heterocycles. The van der Waals surface area contributed by atoms with E-state index in [0.29, 0.717) is 5.95 Å². The van der Waals surface area contributed by atoms with Crippen molar-refractivity contribution in [2.45, 2.75) is 20.8 Å². The molecule has 0 aliphatic rings. The molecule has 0 saturated carbocycles. The molecule has 0 fully saturated rings. The van der Waals surface area contributed by atoms with E-state index in [0.717, 1.165) is 22.6 Å². The Morgan fingerprint density at radius 2 is 2.06 bits per heavy atom. The predicted octanol–water partition coefficient (Wildman–Crippen LogP) is 2.76. The Labute approximate surface area is 105 Å². The molecule has 0 aliphatic carbocycles. The number of aromatic nitrogens is 2. The summed E-state index contributed by atoms with van der Waals surface area (Å²) in [6.07, 6.45) is 0. The first-order valence-corrected chi connectivity index (χ1v) is 6.47. The van der Waals surface area contributed by atoms with Crippen LogP contribution in [0.5, 0.6) is 0 Å². The number of hydrogen-bond donors (Lipinski definition) is 1. The highest BCUT2D eigenvalue weighted by Gasteiger charge is 2.17. The first-order valence-electron chi connectivity index (χ1n) is 5.59. The van der Waals surface area contributed by atoms with Crippen molar-refractivity contribution in [1.82, 2.24) is 9.97 Å². The second-order valence-electron chi connectivity index (χ2n) is 5.46. The van der Waals surface area contributed by atoms with Gasteiger partial charge in [-0.2, -0.15) is 4.98 Å². The Balaban J connectivity index is 2.43. The van der Waals surface area contributed by atoms with Gasteiger partial charge in [-0.1, -0.05) is 20.8 Å². The van der Waals surface area contributed by atoms with Gasteiger partial charge in [-0.25, -0.2) is 4.98 Å². The fraction of sp³-hybridized carbons (Fsp3) is 0.500. The summed E-state index contributed by atoms with van der Waals surface area (Å²) in [5.41, 5.74) is 5.96. The van der Waals surface area contributed by atoms with Crippen molar-refractivity contribution < 1.29 is 0 Å². The van der Waals surface area contributed by atoms with Gasteiger partial charge in [0.15, 0.2) is 0 Å². The third-order valence-electron chi connectivity index (χ3n) is 2.40. The average Bonchev–Trinajstić information content (AvgIpc) is 2.60. The van der Waals surface area contributed by atoms with Gasteiger partial charge in [0, 0.05) is 13.6 Å². The molecule has 0 bridgehead atoms. The maximum atomic E-state index is 5.74. The first-order chi connectivity index (χ1) is 7.87. The molecule has 17 heavy (non-hydrogen) atoms. The summed E-state index contributed by atoms with van der Waals surface area (Å²) in [5.74, 6) is 1.26. The minimum absolute atomic E-state index is 0.219. The third-order valence-corrected chi connectivity index (χ3v) is 3.20. The van der Waals surface area contributed by atoms with E-state index in [9.17, 15) is 0 Å². The molecule has 0 amide bonds. The monoisotopic (exact) mass is 250 g/mol. The number of rotatable bonds is 2. The molecule has 2 N–H and O–H groups in total. The molecule has 92 valence electrons. The molecule has 0 aromatic carbocycles. The quantitative estimate of drug-likeness (QED) is 0.890. The van der Waals surface area contributed by atoms with Crippen molar-refractivity contribution in [2.24, 2.45) is 5.41 Å². The third kappa shape index (κ3) is 2.66. The molecule has 0 atom stereocenters. The summed E-state index contributed by atoms with van der Waals surface area (Å²) in [7, 11) is 2.05. The number of thiophene rings is 1. The number of fused-ring (bicyclic) bond motifs is 1. The standard InChI is InChI=1S/C12H18N4S/c1-12(2,3)7-16(4)9-8-5-6-17-10(8)15-11(13)14-9/h5-6H,7H2,1-4H3,(H2,13,14,15). The van der Waals surface area contributed by atoms with Gasteiger partial charge in [0.2, 0.25) is 5.95 Å². The second-order valence-corrected chi connectivity index (χ2v) is 6.36. The summed E-state index contributed by atoms with van der Waals surface area (Å²) < 4.78 is 0. The zero-order valence-electron chi connectivity index (χ0n) is 10.7. The SMILES string of the molecule is CN(CC(C)(C)C)c1nc(N)nc2sccc12. The van der Waals surface area contributed by atoms with Crippen LogP contribution in [0.1, 0.15) is 20.8 Å². The molecule has 4 nitrogen and oxygen atoms in total. The summed E-state index contributed by atoms with van der Waals surface area (Å²) >= 11 is 1.59. The number of anilines is 2. The van der Waals surface area contributed by atoms with Crippen LogP contribution in [0.2, 0.25) is 0 Å². The fourth-order valence-corrected chi connectivity index (χ4v) is 2.70. The summed E-state index contributed by atoms with van der Waals surface area (Å²) in [6.45, 7) is 7.55. The van der Waals surface area contributed by atoms with E-state index in [1.165, 1.54) is 0 Å². The molecular formula is C12H18N4S. The number of nitrogen functional groups attached to an aromatic ring is 1. The van der Waals surface area contributed by atoms with Crippen molar-refractivity contribution >= 4 is 33.3 Å². The second kappa shape index (κ2) is 4.14. The van der Waals surface area contributed by atoms with Gasteiger partial charge in [0.25, 0.3) is 0 Å². The Bertz CT molecular complexity index is 527. The Morgan fingerprint density at radius 3 is 2.71 bits per heavy atom. The van der Waals surface area contributed by atoms with Crippen LogP contribution in [0.3, 0.4) is 0 Å². The largest absolute Gasteiger partial charge is 0.368 e. The normalized spacial score (nSPS) is 12.0. The molecular weight excluding hydrogens is 232 g/mol. The van der Waals surface area contributed by atoms with Gasteiger partial charge in [-0.15, -0.1) is 11.3 Å². The van der Waals surface area contributed by atoms with Gasteiger partial charge < -0.3 is 10.6 Å². The van der Waals surface area contributed by atoms with Gasteiger partial charge in [-0.05, 0) is 16.9 Å². The van der Waals surface area contributed by atoms with Gasteiger partial charge in [0.05, 0.1) is 5.39 Å². The predicted molar refractivity (Wildman–Crippen MR) is 74.6 cm³/mol. The van der Waals surface area contributed by atoms with Crippen molar-refractivity contribution in [3.8, 4) is 0 Å². The number of nitrogens with zero attached hydrogens (tertiary/aromatic N) is 3. The summed E-state index contributed by atoms with van der Waals surface area (Å²) in [5, 5.41) is 3.10. The molecule has 2 heterocycles. The van der Waals surface area contributed by atoms with Gasteiger partial charge in [-0.3, -0.25) is 0 Å². The van der Waals surface area contributed by atoms with E-state index in [1.54, 1.807) is 11.3 Å². The molecule has 0 radical (unpaired) electrons. The molecule has 0 saturated heterocycles. The Hall–Kier alpha value is -1.36. The molecule has 0 spiro atoms. The van der Waals surface area contributed by atoms with Crippen LogP contribution >= 0.6 is 11.3 Å². The van der Waals surface area contributed by atoms with E-state index >= 15 is 0 Å². The van der Waals surface area contributed by atoms with E-state index < -0.39 is 0 Å². The highest BCUT2D eigenvalue weighted by atomic mass is 32.1. The molecule has 5 heteroatoms. The average molecular weight is 250 g/mol. The summed E-state index contributed by atoms with van der Waals surface area (Å²) in [4.78, 5) is 11.7. The van der Waals surface area contributed by atoms with Crippen LogP contribution in [-0.2, 0) is 0 Å². The number of nitrogens with two attached hydrogens (primary N) is 1. The number of hydrogen-bond acceptors (Lipinski definition) is 5. The minimum atomic E-state index is 0.219. The highest BCUT2D eigenvalue weighted by molar-refractivity contribution is 7.16. The lowest BCUT2D eigenvalue weighted by Gasteiger charge is -2.27. The maximum absolute atomic E-state index is 5.74. The maximum Gasteiger partial charge on any atom is 0.223 e. The van der Waals surface area contributed by atoms with Crippen LogP contribution in [0, 0.1) is 5.41 Å². The smallest absolute Gasteiger partial charge is 0.223 e. The lowest BCUT2D eigenvalue weighted by atomic mass is 9.96. The van der Waals surface area contributed by atoms with Gasteiger partial charge in [0.1, 0.15) is 10.6 Å². The van der Waals surface area contributed by atoms with Crippen molar-refractivity contribution in [1.29, 1.82) is 0 Å². The van der Waals surface area contributed by atoms with Crippen molar-refractivity contribution in [3.63, 3.8) is 0 Å². The lowest BCUT2D eigenvalue weighted by molar-refractivity contribution is 0.418. The van der Waals surface area contributed by atoms with Crippen LogP contribution in [0.4, 0.5) is 11.8 Å². The zero-order valence-corrected chi connectivity index (χ0v) is 11.5. The Morgan fingerprint density at radius 1 is 1.35 bits per heavy atom.